The van der Waals surface area contributed by atoms with Crippen LogP contribution in [0.1, 0.15) is 40.0 Å². The van der Waals surface area contributed by atoms with Crippen LogP contribution in [-0.2, 0) is 9.59 Å². The lowest BCUT2D eigenvalue weighted by Gasteiger charge is -2.17. The molecule has 0 aliphatic carbocycles. The summed E-state index contributed by atoms with van der Waals surface area (Å²) >= 11 is 0. The van der Waals surface area contributed by atoms with Crippen molar-refractivity contribution in [2.75, 3.05) is 13.1 Å². The fourth-order valence-corrected chi connectivity index (χ4v) is 1.28. The molecular weight excluding hydrogens is 218 g/mol. The summed E-state index contributed by atoms with van der Waals surface area (Å²) in [6.45, 7) is 6.96. The van der Waals surface area contributed by atoms with Gasteiger partial charge in [0.2, 0.25) is 11.8 Å². The number of hydrogen-bond acceptors (Lipinski definition) is 3. The fraction of sp³-hybridized carbons (Fsp3) is 0.833. The lowest BCUT2D eigenvalue weighted by Crippen LogP contribution is -2.45. The van der Waals surface area contributed by atoms with Crippen molar-refractivity contribution in [1.82, 2.24) is 10.6 Å². The van der Waals surface area contributed by atoms with Crippen molar-refractivity contribution in [3.8, 4) is 0 Å². The molecule has 0 heterocycles. The molecule has 0 saturated heterocycles. The van der Waals surface area contributed by atoms with Crippen molar-refractivity contribution >= 4 is 11.8 Å². The van der Waals surface area contributed by atoms with Gasteiger partial charge in [-0.25, -0.2) is 0 Å². The Hall–Kier alpha value is -1.10. The van der Waals surface area contributed by atoms with Gasteiger partial charge in [-0.15, -0.1) is 0 Å². The molecule has 0 saturated carbocycles. The van der Waals surface area contributed by atoms with Gasteiger partial charge in [0.25, 0.3) is 0 Å². The van der Waals surface area contributed by atoms with Crippen LogP contribution in [0.15, 0.2) is 0 Å². The molecule has 0 aromatic heterocycles. The van der Waals surface area contributed by atoms with E-state index in [0.29, 0.717) is 19.5 Å². The van der Waals surface area contributed by atoms with Gasteiger partial charge >= 0.3 is 0 Å². The highest BCUT2D eigenvalue weighted by atomic mass is 16.2. The monoisotopic (exact) mass is 243 g/mol. The quantitative estimate of drug-likeness (QED) is 0.576. The Kier molecular flexibility index (Phi) is 8.40. The molecule has 5 nitrogen and oxygen atoms in total. The number of hydrogen-bond donors (Lipinski definition) is 3. The molecule has 0 aromatic carbocycles. The topological polar surface area (TPSA) is 84.2 Å². The van der Waals surface area contributed by atoms with Crippen LogP contribution >= 0.6 is 0 Å². The number of amides is 2. The molecule has 17 heavy (non-hydrogen) atoms. The minimum atomic E-state index is -0.487. The third kappa shape index (κ3) is 6.94. The van der Waals surface area contributed by atoms with Crippen molar-refractivity contribution < 1.29 is 9.59 Å². The standard InChI is InChI=1S/C12H25N3O2/c1-4-7-14-10(16)6-8-15-12(17)11(13)9(3)5-2/h9,11H,4-8,13H2,1-3H3,(H,14,16)(H,15,17)/t9-,11-/m0/s1. The van der Waals surface area contributed by atoms with Gasteiger partial charge in [-0.05, 0) is 12.3 Å². The van der Waals surface area contributed by atoms with Gasteiger partial charge in [-0.1, -0.05) is 27.2 Å². The minimum absolute atomic E-state index is 0.0377. The van der Waals surface area contributed by atoms with Crippen LogP contribution in [0.2, 0.25) is 0 Å². The van der Waals surface area contributed by atoms with E-state index in [1.165, 1.54) is 0 Å². The molecule has 2 amide bonds. The third-order valence-corrected chi connectivity index (χ3v) is 2.78. The SMILES string of the molecule is CCCNC(=O)CCNC(=O)[C@@H](N)[C@@H](C)CC. The second-order valence-electron chi connectivity index (χ2n) is 4.30. The second kappa shape index (κ2) is 8.98. The van der Waals surface area contributed by atoms with Crippen molar-refractivity contribution in [3.63, 3.8) is 0 Å². The maximum atomic E-state index is 11.6. The summed E-state index contributed by atoms with van der Waals surface area (Å²) in [6, 6.07) is -0.487. The Morgan fingerprint density at radius 1 is 1.18 bits per heavy atom. The molecule has 0 radical (unpaired) electrons. The number of carbonyl (C=O) groups is 2. The number of nitrogens with one attached hydrogen (secondary N) is 2. The first-order valence-electron chi connectivity index (χ1n) is 6.32. The summed E-state index contributed by atoms with van der Waals surface area (Å²) < 4.78 is 0. The zero-order chi connectivity index (χ0) is 13.3. The van der Waals surface area contributed by atoms with E-state index in [0.717, 1.165) is 12.8 Å². The summed E-state index contributed by atoms with van der Waals surface area (Å²) in [5.41, 5.74) is 5.76. The van der Waals surface area contributed by atoms with Crippen LogP contribution < -0.4 is 16.4 Å². The molecule has 0 rings (SSSR count). The van der Waals surface area contributed by atoms with Gasteiger partial charge in [-0.3, -0.25) is 9.59 Å². The maximum absolute atomic E-state index is 11.6. The predicted octanol–water partition coefficient (Wildman–Crippen LogP) is 0.392. The summed E-state index contributed by atoms with van der Waals surface area (Å²) in [4.78, 5) is 22.8. The molecule has 2 atom stereocenters. The first-order chi connectivity index (χ1) is 8.02. The highest BCUT2D eigenvalue weighted by Crippen LogP contribution is 2.04. The highest BCUT2D eigenvalue weighted by Gasteiger charge is 2.18. The van der Waals surface area contributed by atoms with E-state index in [4.69, 9.17) is 5.73 Å². The second-order valence-corrected chi connectivity index (χ2v) is 4.30. The Balaban J connectivity index is 3.74. The summed E-state index contributed by atoms with van der Waals surface area (Å²) in [7, 11) is 0. The summed E-state index contributed by atoms with van der Waals surface area (Å²) in [6.07, 6.45) is 2.08. The summed E-state index contributed by atoms with van der Waals surface area (Å²) in [5, 5.41) is 5.43. The zero-order valence-corrected chi connectivity index (χ0v) is 11.1. The van der Waals surface area contributed by atoms with Gasteiger partial charge in [0.15, 0.2) is 0 Å². The van der Waals surface area contributed by atoms with Gasteiger partial charge < -0.3 is 16.4 Å². The van der Waals surface area contributed by atoms with Gasteiger partial charge in [0, 0.05) is 19.5 Å². The van der Waals surface area contributed by atoms with Crippen LogP contribution in [0.3, 0.4) is 0 Å². The van der Waals surface area contributed by atoms with Crippen molar-refractivity contribution in [1.29, 1.82) is 0 Å². The van der Waals surface area contributed by atoms with Gasteiger partial charge in [0.1, 0.15) is 0 Å². The van der Waals surface area contributed by atoms with Crippen LogP contribution in [0.5, 0.6) is 0 Å². The third-order valence-electron chi connectivity index (χ3n) is 2.78. The Morgan fingerprint density at radius 2 is 1.82 bits per heavy atom. The van der Waals surface area contributed by atoms with Gasteiger partial charge in [0.05, 0.1) is 6.04 Å². The van der Waals surface area contributed by atoms with Crippen LogP contribution in [-0.4, -0.2) is 30.9 Å². The molecule has 4 N–H and O–H groups in total. The van der Waals surface area contributed by atoms with E-state index >= 15 is 0 Å². The predicted molar refractivity (Wildman–Crippen MR) is 68.4 cm³/mol. The molecule has 5 heteroatoms. The molecule has 0 fully saturated rings. The molecule has 0 aliphatic heterocycles. The molecule has 0 aliphatic rings. The van der Waals surface area contributed by atoms with E-state index in [1.807, 2.05) is 20.8 Å². The summed E-state index contributed by atoms with van der Waals surface area (Å²) in [5.74, 6) is -0.0594. The maximum Gasteiger partial charge on any atom is 0.237 e. The Morgan fingerprint density at radius 3 is 2.35 bits per heavy atom. The van der Waals surface area contributed by atoms with E-state index in [9.17, 15) is 9.59 Å². The average molecular weight is 243 g/mol. The van der Waals surface area contributed by atoms with E-state index in [-0.39, 0.29) is 17.7 Å². The van der Waals surface area contributed by atoms with E-state index < -0.39 is 6.04 Å². The number of rotatable bonds is 8. The molecule has 0 spiro atoms. The van der Waals surface area contributed by atoms with Crippen LogP contribution in [0.25, 0.3) is 0 Å². The van der Waals surface area contributed by atoms with Crippen molar-refractivity contribution in [2.24, 2.45) is 11.7 Å². The van der Waals surface area contributed by atoms with E-state index in [2.05, 4.69) is 10.6 Å². The lowest BCUT2D eigenvalue weighted by molar-refractivity contribution is -0.124. The highest BCUT2D eigenvalue weighted by molar-refractivity contribution is 5.82. The van der Waals surface area contributed by atoms with Gasteiger partial charge in [-0.2, -0.15) is 0 Å². The first kappa shape index (κ1) is 15.9. The van der Waals surface area contributed by atoms with Crippen molar-refractivity contribution in [2.45, 2.75) is 46.1 Å². The molecule has 0 aromatic rings. The molecule has 0 unspecified atom stereocenters. The Labute approximate surface area is 104 Å². The minimum Gasteiger partial charge on any atom is -0.356 e. The molecular formula is C12H25N3O2. The normalized spacial score (nSPS) is 13.9. The number of carbonyl (C=O) groups excluding carboxylic acids is 2. The fourth-order valence-electron chi connectivity index (χ4n) is 1.28. The smallest absolute Gasteiger partial charge is 0.237 e. The Bertz CT molecular complexity index is 244. The lowest BCUT2D eigenvalue weighted by atomic mass is 9.99. The largest absolute Gasteiger partial charge is 0.356 e. The number of nitrogens with two attached hydrogens (primary N) is 1. The average Bonchev–Trinajstić information content (AvgIpc) is 2.34. The molecule has 100 valence electrons. The van der Waals surface area contributed by atoms with E-state index in [1.54, 1.807) is 0 Å². The van der Waals surface area contributed by atoms with Crippen LogP contribution in [0.4, 0.5) is 0 Å². The zero-order valence-electron chi connectivity index (χ0n) is 11.1. The van der Waals surface area contributed by atoms with Crippen LogP contribution in [0, 0.1) is 5.92 Å². The van der Waals surface area contributed by atoms with Crippen molar-refractivity contribution in [3.05, 3.63) is 0 Å². The first-order valence-corrected chi connectivity index (χ1v) is 6.32. The molecule has 0 bridgehead atoms.